The Bertz CT molecular complexity index is 695. The van der Waals surface area contributed by atoms with Crippen LogP contribution in [0.15, 0.2) is 78.0 Å². The van der Waals surface area contributed by atoms with Crippen molar-refractivity contribution in [2.24, 2.45) is 0 Å². The zero-order valence-corrected chi connectivity index (χ0v) is 13.6. The minimum atomic E-state index is 0.333. The molecule has 1 aliphatic rings. The van der Waals surface area contributed by atoms with Crippen LogP contribution in [-0.4, -0.2) is 6.04 Å². The molecule has 0 N–H and O–H groups in total. The summed E-state index contributed by atoms with van der Waals surface area (Å²) in [6.07, 6.45) is 3.37. The maximum atomic E-state index is 2.40. The van der Waals surface area contributed by atoms with Crippen molar-refractivity contribution < 1.29 is 0 Å². The van der Waals surface area contributed by atoms with Gasteiger partial charge in [-0.2, -0.15) is 0 Å². The van der Waals surface area contributed by atoms with Gasteiger partial charge in [0.1, 0.15) is 0 Å². The molecule has 0 aliphatic carbocycles. The molecule has 1 aliphatic heterocycles. The van der Waals surface area contributed by atoms with Crippen molar-refractivity contribution in [1.82, 2.24) is 0 Å². The summed E-state index contributed by atoms with van der Waals surface area (Å²) < 4.78 is 0. The van der Waals surface area contributed by atoms with E-state index in [2.05, 4.69) is 92.5 Å². The van der Waals surface area contributed by atoms with E-state index in [-0.39, 0.29) is 0 Å². The number of para-hydroxylation sites is 1. The van der Waals surface area contributed by atoms with Crippen LogP contribution >= 0.6 is 0 Å². The van der Waals surface area contributed by atoms with Crippen molar-refractivity contribution in [2.45, 2.75) is 33.2 Å². The molecule has 0 bridgehead atoms. The van der Waals surface area contributed by atoms with Crippen LogP contribution in [0.2, 0.25) is 0 Å². The first-order chi connectivity index (χ1) is 10.7. The highest BCUT2D eigenvalue weighted by atomic mass is 15.1. The number of allylic oxidation sites excluding steroid dienone is 2. The van der Waals surface area contributed by atoms with E-state index in [1.807, 2.05) is 0 Å². The zero-order chi connectivity index (χ0) is 15.5. The Morgan fingerprint density at radius 2 is 1.50 bits per heavy atom. The monoisotopic (exact) mass is 289 g/mol. The molecule has 1 unspecified atom stereocenters. The van der Waals surface area contributed by atoms with Gasteiger partial charge >= 0.3 is 0 Å². The molecule has 1 heteroatoms. The molecule has 3 rings (SSSR count). The third-order valence-corrected chi connectivity index (χ3v) is 4.54. The maximum Gasteiger partial charge on any atom is 0.0566 e. The van der Waals surface area contributed by atoms with Crippen molar-refractivity contribution in [3.8, 4) is 0 Å². The van der Waals surface area contributed by atoms with Gasteiger partial charge in [-0.3, -0.25) is 0 Å². The fraction of sp³-hybridized carbons (Fsp3) is 0.238. The SMILES string of the molecule is CCC1=CN(c2ccccc2)C(C)C(c2ccccc2)=C1C. The minimum absolute atomic E-state index is 0.333. The van der Waals surface area contributed by atoms with Crippen molar-refractivity contribution >= 4 is 11.3 Å². The minimum Gasteiger partial charge on any atom is -0.340 e. The Kier molecular flexibility index (Phi) is 4.15. The molecule has 0 aromatic heterocycles. The van der Waals surface area contributed by atoms with E-state index >= 15 is 0 Å². The van der Waals surface area contributed by atoms with Crippen LogP contribution < -0.4 is 4.90 Å². The molecule has 112 valence electrons. The second kappa shape index (κ2) is 6.23. The van der Waals surface area contributed by atoms with Gasteiger partial charge in [0.15, 0.2) is 0 Å². The van der Waals surface area contributed by atoms with Gasteiger partial charge in [0.2, 0.25) is 0 Å². The van der Waals surface area contributed by atoms with Gasteiger partial charge in [-0.05, 0) is 54.7 Å². The smallest absolute Gasteiger partial charge is 0.0566 e. The van der Waals surface area contributed by atoms with Crippen molar-refractivity contribution in [1.29, 1.82) is 0 Å². The molecule has 2 aromatic carbocycles. The molecule has 1 heterocycles. The molecule has 0 saturated heterocycles. The summed E-state index contributed by atoms with van der Waals surface area (Å²) in [5.41, 5.74) is 6.85. The van der Waals surface area contributed by atoms with Crippen LogP contribution in [-0.2, 0) is 0 Å². The lowest BCUT2D eigenvalue weighted by molar-refractivity contribution is 0.836. The average Bonchev–Trinajstić information content (AvgIpc) is 2.57. The Morgan fingerprint density at radius 1 is 0.909 bits per heavy atom. The Labute approximate surface area is 133 Å². The van der Waals surface area contributed by atoms with E-state index in [1.54, 1.807) is 0 Å². The van der Waals surface area contributed by atoms with Crippen LogP contribution in [0.3, 0.4) is 0 Å². The lowest BCUT2D eigenvalue weighted by atomic mass is 9.87. The lowest BCUT2D eigenvalue weighted by Crippen LogP contribution is -2.33. The number of anilines is 1. The standard InChI is InChI=1S/C21H23N/c1-4-18-15-22(20-13-9-6-10-14-20)17(3)21(16(18)2)19-11-7-5-8-12-19/h5-15,17H,4H2,1-3H3. The number of nitrogens with zero attached hydrogens (tertiary/aromatic N) is 1. The van der Waals surface area contributed by atoms with Gasteiger partial charge in [-0.15, -0.1) is 0 Å². The predicted molar refractivity (Wildman–Crippen MR) is 95.8 cm³/mol. The highest BCUT2D eigenvalue weighted by molar-refractivity contribution is 5.81. The molecule has 0 spiro atoms. The van der Waals surface area contributed by atoms with Gasteiger partial charge in [-0.1, -0.05) is 55.5 Å². The first-order valence-electron chi connectivity index (χ1n) is 8.03. The van der Waals surface area contributed by atoms with E-state index in [1.165, 1.54) is 28.0 Å². The van der Waals surface area contributed by atoms with Gasteiger partial charge < -0.3 is 4.90 Å². The van der Waals surface area contributed by atoms with Crippen molar-refractivity contribution in [3.05, 3.63) is 83.6 Å². The largest absolute Gasteiger partial charge is 0.340 e. The van der Waals surface area contributed by atoms with Gasteiger partial charge in [0.05, 0.1) is 6.04 Å². The molecule has 1 nitrogen and oxygen atoms in total. The van der Waals surface area contributed by atoms with E-state index in [4.69, 9.17) is 0 Å². The van der Waals surface area contributed by atoms with E-state index in [9.17, 15) is 0 Å². The summed E-state index contributed by atoms with van der Waals surface area (Å²) in [5.74, 6) is 0. The van der Waals surface area contributed by atoms with Gasteiger partial charge in [-0.25, -0.2) is 0 Å². The average molecular weight is 289 g/mol. The van der Waals surface area contributed by atoms with Crippen LogP contribution in [0.5, 0.6) is 0 Å². The third kappa shape index (κ3) is 2.59. The molecule has 0 radical (unpaired) electrons. The summed E-state index contributed by atoms with van der Waals surface area (Å²) in [6.45, 7) is 6.79. The highest BCUT2D eigenvalue weighted by Gasteiger charge is 2.25. The molecule has 0 saturated carbocycles. The first-order valence-corrected chi connectivity index (χ1v) is 8.03. The van der Waals surface area contributed by atoms with E-state index in [0.29, 0.717) is 6.04 Å². The lowest BCUT2D eigenvalue weighted by Gasteiger charge is -2.36. The summed E-state index contributed by atoms with van der Waals surface area (Å²) in [5, 5.41) is 0. The molecule has 1 atom stereocenters. The van der Waals surface area contributed by atoms with Gasteiger partial charge in [0.25, 0.3) is 0 Å². The van der Waals surface area contributed by atoms with Crippen molar-refractivity contribution in [2.75, 3.05) is 4.90 Å². The number of hydrogen-bond acceptors (Lipinski definition) is 1. The Morgan fingerprint density at radius 3 is 2.09 bits per heavy atom. The molecular formula is C21H23N. The molecule has 2 aromatic rings. The van der Waals surface area contributed by atoms with Crippen molar-refractivity contribution in [3.63, 3.8) is 0 Å². The summed E-state index contributed by atoms with van der Waals surface area (Å²) in [7, 11) is 0. The molecular weight excluding hydrogens is 266 g/mol. The fourth-order valence-electron chi connectivity index (χ4n) is 3.33. The molecule has 0 fully saturated rings. The van der Waals surface area contributed by atoms with Crippen LogP contribution in [0, 0.1) is 0 Å². The maximum absolute atomic E-state index is 2.40. The number of hydrogen-bond donors (Lipinski definition) is 0. The first kappa shape index (κ1) is 14.6. The van der Waals surface area contributed by atoms with Crippen LogP contribution in [0.1, 0.15) is 32.8 Å². The Hall–Kier alpha value is -2.28. The molecule has 0 amide bonds. The number of benzene rings is 2. The van der Waals surface area contributed by atoms with Crippen LogP contribution in [0.4, 0.5) is 5.69 Å². The van der Waals surface area contributed by atoms with E-state index < -0.39 is 0 Å². The summed E-state index contributed by atoms with van der Waals surface area (Å²) >= 11 is 0. The van der Waals surface area contributed by atoms with E-state index in [0.717, 1.165) is 6.42 Å². The molecule has 22 heavy (non-hydrogen) atoms. The summed E-state index contributed by atoms with van der Waals surface area (Å²) in [6, 6.07) is 21.8. The normalized spacial score (nSPS) is 18.4. The van der Waals surface area contributed by atoms with Crippen LogP contribution in [0.25, 0.3) is 5.57 Å². The van der Waals surface area contributed by atoms with Gasteiger partial charge in [0, 0.05) is 11.9 Å². The fourth-order valence-corrected chi connectivity index (χ4v) is 3.33. The topological polar surface area (TPSA) is 3.24 Å². The third-order valence-electron chi connectivity index (χ3n) is 4.54. The second-order valence-corrected chi connectivity index (χ2v) is 5.83. The second-order valence-electron chi connectivity index (χ2n) is 5.83. The quantitative estimate of drug-likeness (QED) is 0.704. The Balaban J connectivity index is 2.10. The summed E-state index contributed by atoms with van der Waals surface area (Å²) in [4.78, 5) is 2.40. The number of rotatable bonds is 3. The highest BCUT2D eigenvalue weighted by Crippen LogP contribution is 2.37. The predicted octanol–water partition coefficient (Wildman–Crippen LogP) is 5.66. The zero-order valence-electron chi connectivity index (χ0n) is 13.6.